The number of aromatic nitrogens is 2. The quantitative estimate of drug-likeness (QED) is 0.875. The molecule has 1 aliphatic rings. The van der Waals surface area contributed by atoms with Gasteiger partial charge in [0.1, 0.15) is 5.69 Å². The minimum Gasteiger partial charge on any atom is -0.371 e. The Morgan fingerprint density at radius 3 is 2.31 bits per heavy atom. The van der Waals surface area contributed by atoms with E-state index in [9.17, 15) is 13.2 Å². The highest BCUT2D eigenvalue weighted by Crippen LogP contribution is 2.22. The first kappa shape index (κ1) is 18.4. The van der Waals surface area contributed by atoms with Crippen molar-refractivity contribution in [3.63, 3.8) is 0 Å². The molecule has 2 heterocycles. The molecule has 140 valence electrons. The van der Waals surface area contributed by atoms with Crippen molar-refractivity contribution in [2.24, 2.45) is 7.05 Å². The van der Waals surface area contributed by atoms with Gasteiger partial charge in [-0.05, 0) is 50.1 Å². The van der Waals surface area contributed by atoms with E-state index >= 15 is 0 Å². The van der Waals surface area contributed by atoms with Gasteiger partial charge in [-0.15, -0.1) is 0 Å². The molecule has 1 amide bonds. The van der Waals surface area contributed by atoms with E-state index in [1.165, 1.54) is 6.26 Å². The molecule has 1 aliphatic heterocycles. The van der Waals surface area contributed by atoms with Crippen molar-refractivity contribution in [3.8, 4) is 0 Å². The summed E-state index contributed by atoms with van der Waals surface area (Å²) in [6.07, 6.45) is 2.90. The number of carbonyl (C=O) groups excluding carboxylic acids is 1. The number of piperidine rings is 1. The zero-order chi connectivity index (χ0) is 18.9. The van der Waals surface area contributed by atoms with Crippen LogP contribution in [0.15, 0.2) is 35.2 Å². The Labute approximate surface area is 153 Å². The number of nitrogens with zero attached hydrogens (tertiary/aromatic N) is 3. The summed E-state index contributed by atoms with van der Waals surface area (Å²) in [6.45, 7) is 3.49. The second kappa shape index (κ2) is 7.11. The van der Waals surface area contributed by atoms with Crippen LogP contribution in [0.5, 0.6) is 0 Å². The van der Waals surface area contributed by atoms with Crippen LogP contribution in [-0.4, -0.2) is 49.5 Å². The largest absolute Gasteiger partial charge is 0.371 e. The van der Waals surface area contributed by atoms with Gasteiger partial charge < -0.3 is 10.2 Å². The summed E-state index contributed by atoms with van der Waals surface area (Å²) in [5.74, 6) is -0.0935. The highest BCUT2D eigenvalue weighted by molar-refractivity contribution is 7.90. The normalized spacial score (nSPS) is 15.9. The van der Waals surface area contributed by atoms with Crippen molar-refractivity contribution in [2.75, 3.05) is 24.2 Å². The third-order valence-corrected chi connectivity index (χ3v) is 5.82. The molecule has 0 bridgehead atoms. The lowest BCUT2D eigenvalue weighted by molar-refractivity contribution is 0.0921. The van der Waals surface area contributed by atoms with E-state index in [1.54, 1.807) is 29.9 Å². The third-order valence-electron chi connectivity index (χ3n) is 4.69. The van der Waals surface area contributed by atoms with Gasteiger partial charge in [0.05, 0.1) is 10.6 Å². The topological polar surface area (TPSA) is 84.3 Å². The Morgan fingerprint density at radius 1 is 1.19 bits per heavy atom. The predicted molar refractivity (Wildman–Crippen MR) is 100 cm³/mol. The summed E-state index contributed by atoms with van der Waals surface area (Å²) in [4.78, 5) is 14.9. The van der Waals surface area contributed by atoms with Crippen LogP contribution in [0.3, 0.4) is 0 Å². The van der Waals surface area contributed by atoms with Crippen molar-refractivity contribution in [2.45, 2.75) is 30.7 Å². The Bertz CT molecular complexity index is 895. The van der Waals surface area contributed by atoms with Crippen molar-refractivity contribution in [1.29, 1.82) is 0 Å². The molecule has 8 heteroatoms. The SMILES string of the molecule is Cc1cc(C(=O)NC2CCN(c3ccc(S(C)(=O)=O)cc3)CC2)n(C)n1. The maximum Gasteiger partial charge on any atom is 0.269 e. The maximum atomic E-state index is 12.4. The summed E-state index contributed by atoms with van der Waals surface area (Å²) in [5, 5.41) is 7.29. The van der Waals surface area contributed by atoms with Crippen molar-refractivity contribution in [3.05, 3.63) is 41.7 Å². The Kier molecular flexibility index (Phi) is 5.04. The first-order valence-corrected chi connectivity index (χ1v) is 10.5. The number of sulfone groups is 1. The lowest BCUT2D eigenvalue weighted by Gasteiger charge is -2.34. The van der Waals surface area contributed by atoms with Gasteiger partial charge in [0, 0.05) is 38.1 Å². The molecule has 0 aliphatic carbocycles. The molecule has 1 fully saturated rings. The van der Waals surface area contributed by atoms with Gasteiger partial charge in [0.2, 0.25) is 0 Å². The lowest BCUT2D eigenvalue weighted by atomic mass is 10.0. The van der Waals surface area contributed by atoms with Crippen LogP contribution in [0, 0.1) is 6.92 Å². The summed E-state index contributed by atoms with van der Waals surface area (Å²) < 4.78 is 24.7. The third kappa shape index (κ3) is 4.07. The van der Waals surface area contributed by atoms with Crippen LogP contribution in [0.4, 0.5) is 5.69 Å². The van der Waals surface area contributed by atoms with Gasteiger partial charge in [-0.25, -0.2) is 8.42 Å². The molecule has 0 saturated carbocycles. The van der Waals surface area contributed by atoms with Crippen LogP contribution in [-0.2, 0) is 16.9 Å². The first-order valence-electron chi connectivity index (χ1n) is 8.60. The van der Waals surface area contributed by atoms with Gasteiger partial charge >= 0.3 is 0 Å². The summed E-state index contributed by atoms with van der Waals surface area (Å²) in [5.41, 5.74) is 2.40. The number of amides is 1. The van der Waals surface area contributed by atoms with Crippen molar-refractivity contribution >= 4 is 21.4 Å². The summed E-state index contributed by atoms with van der Waals surface area (Å²) >= 11 is 0. The fraction of sp³-hybridized carbons (Fsp3) is 0.444. The monoisotopic (exact) mass is 376 g/mol. The van der Waals surface area contributed by atoms with Crippen LogP contribution in [0.25, 0.3) is 0 Å². The molecule has 1 aromatic heterocycles. The van der Waals surface area contributed by atoms with Crippen LogP contribution in [0.1, 0.15) is 29.0 Å². The van der Waals surface area contributed by atoms with E-state index < -0.39 is 9.84 Å². The number of anilines is 1. The second-order valence-corrected chi connectivity index (χ2v) is 8.81. The molecular formula is C18H24N4O3S. The maximum absolute atomic E-state index is 12.4. The second-order valence-electron chi connectivity index (χ2n) is 6.80. The van der Waals surface area contributed by atoms with Crippen molar-refractivity contribution < 1.29 is 13.2 Å². The average Bonchev–Trinajstić information content (AvgIpc) is 2.93. The van der Waals surface area contributed by atoms with Crippen molar-refractivity contribution in [1.82, 2.24) is 15.1 Å². The molecule has 2 aromatic rings. The van der Waals surface area contributed by atoms with Gasteiger partial charge in [-0.2, -0.15) is 5.10 Å². The molecule has 1 N–H and O–H groups in total. The standard InChI is InChI=1S/C18H24N4O3S/c1-13-12-17(21(2)20-13)18(23)19-14-8-10-22(11-9-14)15-4-6-16(7-5-15)26(3,24)25/h4-7,12,14H,8-11H2,1-3H3,(H,19,23). The minimum absolute atomic E-state index is 0.0935. The van der Waals surface area contributed by atoms with Crippen LogP contribution in [0.2, 0.25) is 0 Å². The first-order chi connectivity index (χ1) is 12.2. The highest BCUT2D eigenvalue weighted by atomic mass is 32.2. The van der Waals surface area contributed by atoms with E-state index in [2.05, 4.69) is 15.3 Å². The van der Waals surface area contributed by atoms with Gasteiger partial charge in [0.15, 0.2) is 9.84 Å². The van der Waals surface area contributed by atoms with E-state index in [-0.39, 0.29) is 11.9 Å². The number of benzene rings is 1. The summed E-state index contributed by atoms with van der Waals surface area (Å²) in [7, 11) is -1.41. The zero-order valence-corrected chi connectivity index (χ0v) is 16.1. The molecule has 1 saturated heterocycles. The van der Waals surface area contributed by atoms with E-state index in [1.807, 2.05) is 19.1 Å². The number of hydrogen-bond donors (Lipinski definition) is 1. The number of nitrogens with one attached hydrogen (secondary N) is 1. The molecule has 26 heavy (non-hydrogen) atoms. The average molecular weight is 376 g/mol. The van der Waals surface area contributed by atoms with E-state index in [4.69, 9.17) is 0 Å². The number of aryl methyl sites for hydroxylation is 2. The number of rotatable bonds is 4. The fourth-order valence-electron chi connectivity index (χ4n) is 3.27. The van der Waals surface area contributed by atoms with E-state index in [0.29, 0.717) is 10.6 Å². The molecule has 0 atom stereocenters. The Hall–Kier alpha value is -2.35. The molecule has 1 aromatic carbocycles. The zero-order valence-electron chi connectivity index (χ0n) is 15.3. The highest BCUT2D eigenvalue weighted by Gasteiger charge is 2.23. The van der Waals surface area contributed by atoms with Gasteiger partial charge in [-0.3, -0.25) is 9.48 Å². The fourth-order valence-corrected chi connectivity index (χ4v) is 3.90. The van der Waals surface area contributed by atoms with Gasteiger partial charge in [0.25, 0.3) is 5.91 Å². The van der Waals surface area contributed by atoms with E-state index in [0.717, 1.165) is 37.3 Å². The molecule has 3 rings (SSSR count). The van der Waals surface area contributed by atoms with Gasteiger partial charge in [-0.1, -0.05) is 0 Å². The molecule has 0 radical (unpaired) electrons. The minimum atomic E-state index is -3.17. The number of carbonyl (C=O) groups is 1. The summed E-state index contributed by atoms with van der Waals surface area (Å²) in [6, 6.07) is 8.88. The lowest BCUT2D eigenvalue weighted by Crippen LogP contribution is -2.45. The predicted octanol–water partition coefficient (Wildman–Crippen LogP) is 1.53. The molecule has 0 unspecified atom stereocenters. The Morgan fingerprint density at radius 2 is 1.81 bits per heavy atom. The number of hydrogen-bond acceptors (Lipinski definition) is 5. The van der Waals surface area contributed by atoms with Crippen LogP contribution < -0.4 is 10.2 Å². The molecular weight excluding hydrogens is 352 g/mol. The molecule has 7 nitrogen and oxygen atoms in total. The molecule has 0 spiro atoms. The van der Waals surface area contributed by atoms with Crippen LogP contribution >= 0.6 is 0 Å². The smallest absolute Gasteiger partial charge is 0.269 e. The Balaban J connectivity index is 1.57.